The van der Waals surface area contributed by atoms with E-state index in [9.17, 15) is 9.59 Å². The van der Waals surface area contributed by atoms with Crippen LogP contribution in [0.5, 0.6) is 0 Å². The van der Waals surface area contributed by atoms with Gasteiger partial charge in [0.25, 0.3) is 0 Å². The second-order valence-corrected chi connectivity index (χ2v) is 14.0. The van der Waals surface area contributed by atoms with Crippen LogP contribution in [0.3, 0.4) is 0 Å². The smallest absolute Gasteiger partial charge is 0.316 e. The number of rotatable bonds is 6. The van der Waals surface area contributed by atoms with E-state index in [-0.39, 0.29) is 23.5 Å². The summed E-state index contributed by atoms with van der Waals surface area (Å²) in [4.78, 5) is 25.0. The standard InChI is InChI=1S/C32H50N2O4/c1-19(18-33-30(36)34(6)7)8-11-27-20(2)29-28(38-27)17-26-24-10-9-22-16-23(37-21(3)35)12-14-31(22,4)25(24)13-15-32(26,29)5/h9,19,23-26,28-29H,8,10-18H2,1-7H3,(H,33,36)/t19?,23?,24-,25+,26+,28+,29+,31+,32+/m1/s1. The molecule has 0 aromatic rings. The Labute approximate surface area is 230 Å². The van der Waals surface area contributed by atoms with Crippen LogP contribution in [-0.4, -0.2) is 49.7 Å². The number of nitrogens with one attached hydrogen (secondary N) is 1. The molecule has 0 spiro atoms. The summed E-state index contributed by atoms with van der Waals surface area (Å²) in [6, 6.07) is -0.0237. The summed E-state index contributed by atoms with van der Waals surface area (Å²) in [5.74, 6) is 4.24. The van der Waals surface area contributed by atoms with Crippen molar-refractivity contribution in [2.45, 2.75) is 105 Å². The fourth-order valence-electron chi connectivity index (χ4n) is 9.45. The van der Waals surface area contributed by atoms with Crippen molar-refractivity contribution in [2.24, 2.45) is 40.4 Å². The van der Waals surface area contributed by atoms with Crippen molar-refractivity contribution in [1.29, 1.82) is 0 Å². The van der Waals surface area contributed by atoms with Gasteiger partial charge in [0.1, 0.15) is 12.2 Å². The number of allylic oxidation sites excluding steroid dienone is 2. The molecule has 1 aliphatic heterocycles. The molecule has 5 aliphatic rings. The molecule has 1 N–H and O–H groups in total. The van der Waals surface area contributed by atoms with Crippen LogP contribution in [-0.2, 0) is 14.3 Å². The van der Waals surface area contributed by atoms with Crippen LogP contribution < -0.4 is 5.32 Å². The van der Waals surface area contributed by atoms with Crippen molar-refractivity contribution in [1.82, 2.24) is 10.2 Å². The molecule has 212 valence electrons. The molecule has 2 amide bonds. The summed E-state index contributed by atoms with van der Waals surface area (Å²) >= 11 is 0. The van der Waals surface area contributed by atoms with E-state index >= 15 is 0 Å². The highest BCUT2D eigenvalue weighted by molar-refractivity contribution is 5.73. The molecule has 1 heterocycles. The maximum Gasteiger partial charge on any atom is 0.316 e. The fourth-order valence-corrected chi connectivity index (χ4v) is 9.45. The van der Waals surface area contributed by atoms with Gasteiger partial charge in [-0.2, -0.15) is 0 Å². The Hall–Kier alpha value is -1.98. The lowest BCUT2D eigenvalue weighted by Gasteiger charge is -2.58. The lowest BCUT2D eigenvalue weighted by Crippen LogP contribution is -2.50. The molecule has 0 bridgehead atoms. The number of urea groups is 1. The zero-order valence-electron chi connectivity index (χ0n) is 24.8. The quantitative estimate of drug-likeness (QED) is 0.318. The molecule has 2 unspecified atom stereocenters. The number of hydrogen-bond donors (Lipinski definition) is 1. The largest absolute Gasteiger partial charge is 0.494 e. The first-order chi connectivity index (χ1) is 17.9. The molecule has 4 aliphatic carbocycles. The van der Waals surface area contributed by atoms with E-state index in [1.807, 2.05) is 0 Å². The topological polar surface area (TPSA) is 67.9 Å². The van der Waals surface area contributed by atoms with Crippen LogP contribution in [0.25, 0.3) is 0 Å². The summed E-state index contributed by atoms with van der Waals surface area (Å²) in [5.41, 5.74) is 3.64. The SMILES string of the molecule is CC(=O)OC1CC[C@@]2(C)C(=CC[C@H]3[C@@H]4C[C@@H]5OC(CCC(C)CNC(=O)N(C)C)=C(C)[C@@H]5[C@@]4(C)CC[C@@H]32)C1. The number of amides is 2. The predicted molar refractivity (Wildman–Crippen MR) is 149 cm³/mol. The van der Waals surface area contributed by atoms with Gasteiger partial charge in [-0.05, 0) is 91.9 Å². The van der Waals surface area contributed by atoms with Gasteiger partial charge in [0, 0.05) is 46.3 Å². The second kappa shape index (κ2) is 10.2. The summed E-state index contributed by atoms with van der Waals surface area (Å²) < 4.78 is 12.4. The number of carbonyl (C=O) groups excluding carboxylic acids is 2. The number of nitrogens with zero attached hydrogens (tertiary/aromatic N) is 1. The molecule has 3 saturated carbocycles. The number of esters is 1. The van der Waals surface area contributed by atoms with E-state index in [0.717, 1.165) is 43.9 Å². The van der Waals surface area contributed by atoms with E-state index in [1.165, 1.54) is 43.9 Å². The van der Waals surface area contributed by atoms with Crippen molar-refractivity contribution in [2.75, 3.05) is 20.6 Å². The Kier molecular flexibility index (Phi) is 7.41. The van der Waals surface area contributed by atoms with Crippen molar-refractivity contribution in [3.8, 4) is 0 Å². The van der Waals surface area contributed by atoms with Gasteiger partial charge in [0.05, 0.1) is 5.76 Å². The van der Waals surface area contributed by atoms with Gasteiger partial charge in [-0.15, -0.1) is 0 Å². The van der Waals surface area contributed by atoms with Crippen molar-refractivity contribution < 1.29 is 19.1 Å². The number of ether oxygens (including phenoxy) is 2. The monoisotopic (exact) mass is 526 g/mol. The lowest BCUT2D eigenvalue weighted by molar-refractivity contribution is -0.148. The van der Waals surface area contributed by atoms with Crippen LogP contribution >= 0.6 is 0 Å². The van der Waals surface area contributed by atoms with Gasteiger partial charge < -0.3 is 19.7 Å². The Morgan fingerprint density at radius 2 is 1.97 bits per heavy atom. The highest BCUT2D eigenvalue weighted by Crippen LogP contribution is 2.69. The van der Waals surface area contributed by atoms with E-state index in [4.69, 9.17) is 9.47 Å². The summed E-state index contributed by atoms with van der Waals surface area (Å²) in [7, 11) is 3.55. The molecule has 0 saturated heterocycles. The van der Waals surface area contributed by atoms with Gasteiger partial charge in [-0.3, -0.25) is 4.79 Å². The number of fused-ring (bicyclic) bond motifs is 7. The van der Waals surface area contributed by atoms with Gasteiger partial charge in [0.2, 0.25) is 0 Å². The highest BCUT2D eigenvalue weighted by atomic mass is 16.5. The molecule has 0 aromatic heterocycles. The Balaban J connectivity index is 1.25. The van der Waals surface area contributed by atoms with Crippen LogP contribution in [0.4, 0.5) is 4.79 Å². The van der Waals surface area contributed by atoms with E-state index in [2.05, 4.69) is 39.1 Å². The van der Waals surface area contributed by atoms with Crippen LogP contribution in [0.1, 0.15) is 92.4 Å². The molecule has 0 radical (unpaired) electrons. The van der Waals surface area contributed by atoms with Crippen molar-refractivity contribution in [3.63, 3.8) is 0 Å². The number of carbonyl (C=O) groups is 2. The normalized spacial score (nSPS) is 40.1. The minimum Gasteiger partial charge on any atom is -0.494 e. The van der Waals surface area contributed by atoms with Crippen molar-refractivity contribution in [3.05, 3.63) is 23.0 Å². The first-order valence-electron chi connectivity index (χ1n) is 15.1. The maximum absolute atomic E-state index is 11.9. The van der Waals surface area contributed by atoms with E-state index in [0.29, 0.717) is 35.8 Å². The van der Waals surface area contributed by atoms with Gasteiger partial charge >= 0.3 is 12.0 Å². The third kappa shape index (κ3) is 4.68. The summed E-state index contributed by atoms with van der Waals surface area (Å²) in [6.07, 6.45) is 13.0. The first kappa shape index (κ1) is 27.6. The molecule has 6 nitrogen and oxygen atoms in total. The Bertz CT molecular complexity index is 1020. The van der Waals surface area contributed by atoms with Crippen LogP contribution in [0.2, 0.25) is 0 Å². The molecular weight excluding hydrogens is 476 g/mol. The van der Waals surface area contributed by atoms with Gasteiger partial charge in [-0.25, -0.2) is 4.79 Å². The van der Waals surface area contributed by atoms with E-state index < -0.39 is 0 Å². The molecule has 9 atom stereocenters. The minimum atomic E-state index is -0.146. The lowest BCUT2D eigenvalue weighted by atomic mass is 9.47. The minimum absolute atomic E-state index is 0.0237. The van der Waals surface area contributed by atoms with Gasteiger partial charge in [0.15, 0.2) is 0 Å². The highest BCUT2D eigenvalue weighted by Gasteiger charge is 2.63. The van der Waals surface area contributed by atoms with Crippen molar-refractivity contribution >= 4 is 12.0 Å². The molecule has 6 heteroatoms. The summed E-state index contributed by atoms with van der Waals surface area (Å²) in [6.45, 7) is 11.9. The summed E-state index contributed by atoms with van der Waals surface area (Å²) in [5, 5.41) is 3.01. The third-order valence-corrected chi connectivity index (χ3v) is 11.5. The first-order valence-corrected chi connectivity index (χ1v) is 15.1. The fraction of sp³-hybridized carbons (Fsp3) is 0.812. The molecule has 3 fully saturated rings. The zero-order valence-corrected chi connectivity index (χ0v) is 24.8. The number of hydrogen-bond acceptors (Lipinski definition) is 4. The predicted octanol–water partition coefficient (Wildman–Crippen LogP) is 6.47. The molecule has 5 rings (SSSR count). The third-order valence-electron chi connectivity index (χ3n) is 11.5. The molecule has 0 aromatic carbocycles. The van der Waals surface area contributed by atoms with Crippen LogP contribution in [0.15, 0.2) is 23.0 Å². The molecule has 38 heavy (non-hydrogen) atoms. The zero-order chi connectivity index (χ0) is 27.4. The average molecular weight is 527 g/mol. The average Bonchev–Trinajstić information content (AvgIpc) is 3.34. The Morgan fingerprint density at radius 3 is 2.68 bits per heavy atom. The van der Waals surface area contributed by atoms with Crippen LogP contribution in [0, 0.1) is 40.4 Å². The second-order valence-electron chi connectivity index (χ2n) is 14.0. The van der Waals surface area contributed by atoms with E-state index in [1.54, 1.807) is 24.6 Å². The molecular formula is C32H50N2O4. The van der Waals surface area contributed by atoms with Gasteiger partial charge in [-0.1, -0.05) is 32.4 Å². The Morgan fingerprint density at radius 1 is 1.21 bits per heavy atom. The maximum atomic E-state index is 11.9.